The van der Waals surface area contributed by atoms with E-state index < -0.39 is 23.2 Å². The zero-order valence-corrected chi connectivity index (χ0v) is 12.6. The van der Waals surface area contributed by atoms with Crippen LogP contribution in [0.15, 0.2) is 21.9 Å². The summed E-state index contributed by atoms with van der Waals surface area (Å²) in [5, 5.41) is 2.45. The molecule has 0 fully saturated rings. The van der Waals surface area contributed by atoms with Crippen LogP contribution in [-0.4, -0.2) is 45.1 Å². The van der Waals surface area contributed by atoms with Gasteiger partial charge in [-0.2, -0.15) is 0 Å². The summed E-state index contributed by atoms with van der Waals surface area (Å²) in [4.78, 5) is 52.5. The zero-order valence-electron chi connectivity index (χ0n) is 12.6. The van der Waals surface area contributed by atoms with E-state index in [-0.39, 0.29) is 16.6 Å². The number of carbonyl (C=O) groups excluding carboxylic acids is 2. The Balaban J connectivity index is 2.66. The Bertz CT molecular complexity index is 896. The maximum atomic E-state index is 12.2. The first-order chi connectivity index (χ1) is 10.3. The number of fused-ring (bicyclic) bond motifs is 1. The van der Waals surface area contributed by atoms with Gasteiger partial charge in [-0.05, 0) is 6.07 Å². The molecule has 2 heterocycles. The maximum Gasteiger partial charge on any atom is 0.332 e. The van der Waals surface area contributed by atoms with Gasteiger partial charge in [-0.1, -0.05) is 0 Å². The van der Waals surface area contributed by atoms with E-state index in [2.05, 4.69) is 10.3 Å². The second-order valence-electron chi connectivity index (χ2n) is 4.72. The van der Waals surface area contributed by atoms with E-state index in [1.807, 2.05) is 0 Å². The minimum atomic E-state index is -0.607. The van der Waals surface area contributed by atoms with Crippen LogP contribution in [0.5, 0.6) is 0 Å². The van der Waals surface area contributed by atoms with Crippen LogP contribution in [0.4, 0.5) is 4.79 Å². The maximum absolute atomic E-state index is 12.2. The van der Waals surface area contributed by atoms with Crippen molar-refractivity contribution in [2.75, 3.05) is 14.1 Å². The van der Waals surface area contributed by atoms with Crippen LogP contribution in [0.2, 0.25) is 0 Å². The van der Waals surface area contributed by atoms with Gasteiger partial charge in [0, 0.05) is 34.4 Å². The fourth-order valence-electron chi connectivity index (χ4n) is 2.04. The molecule has 1 N–H and O–H groups in total. The van der Waals surface area contributed by atoms with Crippen molar-refractivity contribution in [3.63, 3.8) is 0 Å². The van der Waals surface area contributed by atoms with Gasteiger partial charge in [0.1, 0.15) is 5.65 Å². The molecule has 0 aromatic carbocycles. The smallest absolute Gasteiger partial charge is 0.332 e. The molecule has 2 aromatic rings. The monoisotopic (exact) mass is 305 g/mol. The fraction of sp³-hybridized carbons (Fsp3) is 0.308. The van der Waals surface area contributed by atoms with Crippen molar-refractivity contribution in [3.05, 3.63) is 38.7 Å². The molecule has 22 heavy (non-hydrogen) atoms. The van der Waals surface area contributed by atoms with Gasteiger partial charge >= 0.3 is 11.7 Å². The Morgan fingerprint density at radius 2 is 1.86 bits per heavy atom. The van der Waals surface area contributed by atoms with Gasteiger partial charge in [0.25, 0.3) is 11.5 Å². The number of pyridine rings is 1. The second-order valence-corrected chi connectivity index (χ2v) is 4.72. The first kappa shape index (κ1) is 15.4. The first-order valence-corrected chi connectivity index (χ1v) is 6.35. The third-order valence-corrected chi connectivity index (χ3v) is 3.36. The highest BCUT2D eigenvalue weighted by atomic mass is 16.2. The Morgan fingerprint density at radius 3 is 2.45 bits per heavy atom. The lowest BCUT2D eigenvalue weighted by Crippen LogP contribution is -2.40. The van der Waals surface area contributed by atoms with E-state index in [0.29, 0.717) is 0 Å². The van der Waals surface area contributed by atoms with E-state index in [0.717, 1.165) is 9.47 Å². The van der Waals surface area contributed by atoms with Crippen LogP contribution < -0.4 is 16.6 Å². The predicted molar refractivity (Wildman–Crippen MR) is 78.8 cm³/mol. The Hall–Kier alpha value is -2.97. The fourth-order valence-corrected chi connectivity index (χ4v) is 2.04. The van der Waals surface area contributed by atoms with Gasteiger partial charge in [0.2, 0.25) is 0 Å². The van der Waals surface area contributed by atoms with Crippen molar-refractivity contribution in [2.45, 2.75) is 0 Å². The molecule has 116 valence electrons. The Labute approximate surface area is 124 Å². The summed E-state index contributed by atoms with van der Waals surface area (Å²) < 4.78 is 2.15. The summed E-state index contributed by atoms with van der Waals surface area (Å²) in [5.74, 6) is -0.607. The molecule has 0 radical (unpaired) electrons. The van der Waals surface area contributed by atoms with Crippen LogP contribution >= 0.6 is 0 Å². The molecule has 0 atom stereocenters. The second kappa shape index (κ2) is 5.43. The Kier molecular flexibility index (Phi) is 3.81. The standard InChI is InChI=1S/C13H15N5O4/c1-14-12(21)17(3)10(19)7-5-8-9(15-6-7)16(2)13(22)18(4)11(8)20/h5-6H,1-4H3,(H,14,21). The highest BCUT2D eigenvalue weighted by Crippen LogP contribution is 2.09. The third-order valence-electron chi connectivity index (χ3n) is 3.36. The van der Waals surface area contributed by atoms with E-state index in [1.54, 1.807) is 0 Å². The van der Waals surface area contributed by atoms with Crippen LogP contribution in [-0.2, 0) is 14.1 Å². The van der Waals surface area contributed by atoms with Crippen molar-refractivity contribution in [1.82, 2.24) is 24.3 Å². The van der Waals surface area contributed by atoms with Gasteiger partial charge < -0.3 is 5.32 Å². The molecule has 3 amide bonds. The number of nitrogens with one attached hydrogen (secondary N) is 1. The van der Waals surface area contributed by atoms with Gasteiger partial charge in [-0.3, -0.25) is 23.6 Å². The number of carbonyl (C=O) groups is 2. The quantitative estimate of drug-likeness (QED) is 0.730. The number of aryl methyl sites for hydroxylation is 1. The lowest BCUT2D eigenvalue weighted by Gasteiger charge is -2.15. The molecule has 9 nitrogen and oxygen atoms in total. The number of nitrogens with zero attached hydrogens (tertiary/aromatic N) is 4. The van der Waals surface area contributed by atoms with E-state index in [4.69, 9.17) is 0 Å². The topological polar surface area (TPSA) is 106 Å². The number of imide groups is 1. The number of rotatable bonds is 1. The normalized spacial score (nSPS) is 10.5. The van der Waals surface area contributed by atoms with Crippen molar-refractivity contribution in [1.29, 1.82) is 0 Å². The molecule has 9 heteroatoms. The van der Waals surface area contributed by atoms with E-state index in [1.165, 1.54) is 45.0 Å². The van der Waals surface area contributed by atoms with Crippen molar-refractivity contribution in [2.24, 2.45) is 14.1 Å². The van der Waals surface area contributed by atoms with Crippen LogP contribution in [0.3, 0.4) is 0 Å². The molecule has 0 aliphatic rings. The minimum Gasteiger partial charge on any atom is -0.341 e. The third kappa shape index (κ3) is 2.26. The zero-order chi connectivity index (χ0) is 16.6. The molecule has 2 rings (SSSR count). The summed E-state index contributed by atoms with van der Waals surface area (Å²) >= 11 is 0. The molecule has 0 saturated carbocycles. The average Bonchev–Trinajstić information content (AvgIpc) is 2.55. The summed E-state index contributed by atoms with van der Waals surface area (Å²) in [6.45, 7) is 0. The number of aromatic nitrogens is 3. The predicted octanol–water partition coefficient (Wildman–Crippen LogP) is -0.956. The molecule has 0 saturated heterocycles. The van der Waals surface area contributed by atoms with Crippen LogP contribution in [0.1, 0.15) is 10.4 Å². The summed E-state index contributed by atoms with van der Waals surface area (Å²) in [7, 11) is 5.53. The highest BCUT2D eigenvalue weighted by molar-refractivity contribution is 6.05. The van der Waals surface area contributed by atoms with Gasteiger partial charge in [-0.25, -0.2) is 14.6 Å². The molecular formula is C13H15N5O4. The largest absolute Gasteiger partial charge is 0.341 e. The van der Waals surface area contributed by atoms with Crippen LogP contribution in [0.25, 0.3) is 11.0 Å². The number of hydrogen-bond acceptors (Lipinski definition) is 5. The lowest BCUT2D eigenvalue weighted by atomic mass is 10.2. The lowest BCUT2D eigenvalue weighted by molar-refractivity contribution is 0.0832. The molecule has 0 aliphatic heterocycles. The van der Waals surface area contributed by atoms with Crippen molar-refractivity contribution >= 4 is 23.0 Å². The molecular weight excluding hydrogens is 290 g/mol. The van der Waals surface area contributed by atoms with Gasteiger partial charge in [0.05, 0.1) is 10.9 Å². The molecule has 2 aromatic heterocycles. The van der Waals surface area contributed by atoms with Crippen molar-refractivity contribution < 1.29 is 9.59 Å². The molecule has 0 aliphatic carbocycles. The summed E-state index contributed by atoms with van der Waals surface area (Å²) in [6, 6.07) is 0.741. The first-order valence-electron chi connectivity index (χ1n) is 6.35. The Morgan fingerprint density at radius 1 is 1.23 bits per heavy atom. The highest BCUT2D eigenvalue weighted by Gasteiger charge is 2.19. The van der Waals surface area contributed by atoms with E-state index in [9.17, 15) is 19.2 Å². The van der Waals surface area contributed by atoms with Crippen LogP contribution in [0, 0.1) is 0 Å². The summed E-state index contributed by atoms with van der Waals surface area (Å²) in [5.41, 5.74) is -0.809. The average molecular weight is 305 g/mol. The van der Waals surface area contributed by atoms with Gasteiger partial charge in [-0.15, -0.1) is 0 Å². The molecule has 0 unspecified atom stereocenters. The number of urea groups is 1. The SMILES string of the molecule is CNC(=O)N(C)C(=O)c1cnc2c(c1)c(=O)n(C)c(=O)n2C. The summed E-state index contributed by atoms with van der Waals surface area (Å²) in [6.07, 6.45) is 1.23. The molecule has 0 bridgehead atoms. The van der Waals surface area contributed by atoms with E-state index >= 15 is 0 Å². The van der Waals surface area contributed by atoms with Gasteiger partial charge in [0.15, 0.2) is 0 Å². The minimum absolute atomic E-state index is 0.0781. The van der Waals surface area contributed by atoms with Crippen molar-refractivity contribution in [3.8, 4) is 0 Å². The number of amides is 3. The number of hydrogen-bond donors (Lipinski definition) is 1. The molecule has 0 spiro atoms.